The summed E-state index contributed by atoms with van der Waals surface area (Å²) >= 11 is 0. The Bertz CT molecular complexity index is 1230. The lowest BCUT2D eigenvalue weighted by Gasteiger charge is -2.30. The number of hydrogen-bond acceptors (Lipinski definition) is 19. The first-order valence-corrected chi connectivity index (χ1v) is 18.9. The number of rotatable bonds is 33. The van der Waals surface area contributed by atoms with Crippen molar-refractivity contribution in [3.05, 3.63) is 0 Å². The number of ketones is 1. The third-order valence-electron chi connectivity index (χ3n) is 7.12. The van der Waals surface area contributed by atoms with Crippen molar-refractivity contribution in [2.45, 2.75) is 44.7 Å². The average molecular weight is 794 g/mol. The van der Waals surface area contributed by atoms with Gasteiger partial charge in [-0.3, -0.25) is 38.7 Å². The number of carboxylic acids is 5. The minimum absolute atomic E-state index is 0.0293. The molecule has 0 saturated heterocycles. The molecule has 23 heteroatoms. The Morgan fingerprint density at radius 3 is 1.45 bits per heavy atom. The summed E-state index contributed by atoms with van der Waals surface area (Å²) in [5, 5.41) is 63.7. The minimum atomic E-state index is -1.55. The van der Waals surface area contributed by atoms with E-state index in [1.54, 1.807) is 0 Å². The summed E-state index contributed by atoms with van der Waals surface area (Å²) in [5.74, 6) is -7.94. The molecule has 5 N–H and O–H groups in total. The second-order valence-corrected chi connectivity index (χ2v) is 14.2. The van der Waals surface area contributed by atoms with Crippen LogP contribution in [-0.2, 0) is 43.2 Å². The lowest BCUT2D eigenvalue weighted by molar-refractivity contribution is -0.311. The molecule has 0 fully saturated rings. The number of carboxylic acid groups (broad SMARTS) is 5. The molecule has 0 radical (unpaired) electrons. The highest BCUT2D eigenvalue weighted by atomic mass is 33.1. The third kappa shape index (κ3) is 27.3. The molecule has 2 atom stereocenters. The third-order valence-corrected chi connectivity index (χ3v) is 9.53. The number of hydrogen-bond donors (Lipinski definition) is 5. The van der Waals surface area contributed by atoms with Crippen LogP contribution in [0, 0.1) is 0 Å². The van der Waals surface area contributed by atoms with Crippen molar-refractivity contribution in [1.29, 1.82) is 0 Å². The molecule has 0 saturated carbocycles. The predicted molar refractivity (Wildman–Crippen MR) is 182 cm³/mol. The van der Waals surface area contributed by atoms with Crippen LogP contribution >= 0.6 is 21.6 Å². The summed E-state index contributed by atoms with van der Waals surface area (Å²) in [6.07, 6.45) is -0.188. The molecule has 0 bridgehead atoms. The number of amides is 3. The van der Waals surface area contributed by atoms with Crippen LogP contribution in [0.5, 0.6) is 0 Å². The largest absolute Gasteiger partial charge is 0.549 e. The zero-order valence-corrected chi connectivity index (χ0v) is 31.2. The molecule has 0 aliphatic carbocycles. The number of Topliss-reactive ketones (excluding diaryl/α,β-unsaturated/α-hetero) is 1. The molecule has 53 heavy (non-hydrogen) atoms. The van der Waals surface area contributed by atoms with E-state index in [1.807, 2.05) is 0 Å². The summed E-state index contributed by atoms with van der Waals surface area (Å²) in [7, 11) is 4.30. The highest BCUT2D eigenvalue weighted by Gasteiger charge is 2.24. The van der Waals surface area contributed by atoms with Gasteiger partial charge in [0.2, 0.25) is 17.7 Å². The summed E-state index contributed by atoms with van der Waals surface area (Å²) in [6, 6.07) is -1.72. The Morgan fingerprint density at radius 1 is 0.604 bits per heavy atom. The van der Waals surface area contributed by atoms with Gasteiger partial charge in [-0.05, 0) is 26.8 Å². The van der Waals surface area contributed by atoms with Gasteiger partial charge in [0.25, 0.3) is 0 Å². The minimum Gasteiger partial charge on any atom is -0.549 e. The number of carbonyl (C=O) groups is 9. The lowest BCUT2D eigenvalue weighted by atomic mass is 10.1. The van der Waals surface area contributed by atoms with E-state index in [9.17, 15) is 63.6 Å². The first kappa shape index (κ1) is 49.0. The molecule has 302 valence electrons. The first-order valence-electron chi connectivity index (χ1n) is 16.4. The second-order valence-electron chi connectivity index (χ2n) is 11.5. The molecule has 0 aromatic heterocycles. The van der Waals surface area contributed by atoms with Crippen LogP contribution in [0.3, 0.4) is 0 Å². The van der Waals surface area contributed by atoms with Crippen LogP contribution in [0.2, 0.25) is 0 Å². The van der Waals surface area contributed by atoms with Crippen LogP contribution in [0.25, 0.3) is 0 Å². The van der Waals surface area contributed by atoms with E-state index in [4.69, 9.17) is 5.11 Å². The fourth-order valence-corrected chi connectivity index (χ4v) is 6.34. The number of likely N-dealkylation sites (N-methyl/N-ethyl adjacent to an activating group) is 1. The van der Waals surface area contributed by atoms with Crippen molar-refractivity contribution in [3.8, 4) is 0 Å². The van der Waals surface area contributed by atoms with Crippen molar-refractivity contribution in [3.63, 3.8) is 0 Å². The van der Waals surface area contributed by atoms with Crippen LogP contribution in [0.15, 0.2) is 0 Å². The normalized spacial score (nSPS) is 12.2. The van der Waals surface area contributed by atoms with Gasteiger partial charge in [0.15, 0.2) is 5.78 Å². The van der Waals surface area contributed by atoms with E-state index in [2.05, 4.69) is 21.3 Å². The Balaban J connectivity index is 4.57. The fourth-order valence-electron chi connectivity index (χ4n) is 4.52. The van der Waals surface area contributed by atoms with Crippen LogP contribution < -0.4 is 41.7 Å². The highest BCUT2D eigenvalue weighted by Crippen LogP contribution is 2.19. The molecule has 0 heterocycles. The summed E-state index contributed by atoms with van der Waals surface area (Å²) in [4.78, 5) is 108. The molecular weight excluding hydrogens is 746 g/mol. The van der Waals surface area contributed by atoms with Crippen molar-refractivity contribution in [1.82, 2.24) is 36.0 Å². The maximum Gasteiger partial charge on any atom is 0.303 e. The number of nitrogens with one attached hydrogen (secondary N) is 4. The van der Waals surface area contributed by atoms with Crippen LogP contribution in [-0.4, -0.2) is 176 Å². The van der Waals surface area contributed by atoms with E-state index in [0.717, 1.165) is 4.90 Å². The standard InChI is InChI=1S/C30H51N7O14S2/c1-20(38)21(34-30(51)22(31-2)4-6-25(41)42)3-5-23(39)32-7-13-52-53-14-8-33-24(40)15-36(17-27(45)46)11-9-35(16-26(43)44)10-12-37(18-28(47)48)19-29(49)50/h21-22,31H,3-19H2,1-2H3,(H,32,39)(H,33,40)(H,34,51)(H,41,42)(H,43,44)(H,45,46)(H,47,48)(H,49,50)/p-4. The van der Waals surface area contributed by atoms with Gasteiger partial charge >= 0.3 is 5.97 Å². The molecule has 2 unspecified atom stereocenters. The topological polar surface area (TPSA) is 324 Å². The van der Waals surface area contributed by atoms with Crippen molar-refractivity contribution in [2.75, 3.05) is 90.5 Å². The van der Waals surface area contributed by atoms with Gasteiger partial charge in [-0.25, -0.2) is 0 Å². The smallest absolute Gasteiger partial charge is 0.303 e. The first-order chi connectivity index (χ1) is 24.9. The Morgan fingerprint density at radius 2 is 1.02 bits per heavy atom. The van der Waals surface area contributed by atoms with E-state index >= 15 is 0 Å². The van der Waals surface area contributed by atoms with E-state index in [-0.39, 0.29) is 76.6 Å². The van der Waals surface area contributed by atoms with Gasteiger partial charge in [0.1, 0.15) is 0 Å². The zero-order valence-electron chi connectivity index (χ0n) is 29.6. The number of aliphatic carboxylic acids is 5. The monoisotopic (exact) mass is 793 g/mol. The molecule has 0 rings (SSSR count). The molecule has 0 aliphatic rings. The van der Waals surface area contributed by atoms with E-state index in [0.29, 0.717) is 18.1 Å². The van der Waals surface area contributed by atoms with E-state index in [1.165, 1.54) is 45.4 Å². The molecule has 0 spiro atoms. The molecule has 0 aliphatic heterocycles. The molecule has 3 amide bonds. The zero-order chi connectivity index (χ0) is 40.3. The van der Waals surface area contributed by atoms with Crippen molar-refractivity contribution < 1.29 is 68.7 Å². The number of nitrogens with zero attached hydrogens (tertiary/aromatic N) is 3. The second kappa shape index (κ2) is 28.5. The summed E-state index contributed by atoms with van der Waals surface area (Å²) < 4.78 is 0. The predicted octanol–water partition coefficient (Wildman–Crippen LogP) is -8.19. The van der Waals surface area contributed by atoms with Crippen LogP contribution in [0.1, 0.15) is 32.6 Å². The molecular formula is C30H47N7O14S2-4. The quantitative estimate of drug-likeness (QED) is 0.0304. The van der Waals surface area contributed by atoms with Crippen molar-refractivity contribution in [2.24, 2.45) is 0 Å². The SMILES string of the molecule is CNC(CCC(=O)O)C(=O)NC(CCC(=O)NCCSSCCNC(=O)CN(CCN(CCN(CC(=O)[O-])CC(=O)[O-])CC(=O)[O-])CC(=O)[O-])C(C)=O. The van der Waals surface area contributed by atoms with Gasteiger partial charge < -0.3 is 66.0 Å². The Hall–Kier alpha value is -4.03. The van der Waals surface area contributed by atoms with E-state index < -0.39 is 79.9 Å². The maximum atomic E-state index is 12.5. The Labute approximate surface area is 314 Å². The summed E-state index contributed by atoms with van der Waals surface area (Å²) in [6.45, 7) is -1.88. The molecule has 0 aromatic rings. The van der Waals surface area contributed by atoms with Gasteiger partial charge in [-0.1, -0.05) is 21.6 Å². The Kier molecular flexibility index (Phi) is 26.3. The lowest BCUT2D eigenvalue weighted by Crippen LogP contribution is -2.50. The molecule has 21 nitrogen and oxygen atoms in total. The fraction of sp³-hybridized carbons (Fsp3) is 0.700. The average Bonchev–Trinajstić information content (AvgIpc) is 3.04. The molecule has 0 aromatic carbocycles. The number of carbonyl (C=O) groups excluding carboxylic acids is 8. The summed E-state index contributed by atoms with van der Waals surface area (Å²) in [5.41, 5.74) is 0. The maximum absolute atomic E-state index is 12.5. The van der Waals surface area contributed by atoms with Crippen molar-refractivity contribution >= 4 is 74.9 Å². The van der Waals surface area contributed by atoms with Gasteiger partial charge in [-0.2, -0.15) is 0 Å². The van der Waals surface area contributed by atoms with Gasteiger partial charge in [0, 0.05) is 89.8 Å². The van der Waals surface area contributed by atoms with Gasteiger partial charge in [0.05, 0.1) is 42.5 Å². The van der Waals surface area contributed by atoms with Gasteiger partial charge in [-0.15, -0.1) is 0 Å². The van der Waals surface area contributed by atoms with Crippen LogP contribution in [0.4, 0.5) is 0 Å². The highest BCUT2D eigenvalue weighted by molar-refractivity contribution is 8.76.